The Morgan fingerprint density at radius 2 is 1.96 bits per heavy atom. The number of hydrogen-bond donors (Lipinski definition) is 2. The van der Waals surface area contributed by atoms with Crippen LogP contribution in [0, 0.1) is 5.92 Å². The third-order valence-electron chi connectivity index (χ3n) is 5.89. The van der Waals surface area contributed by atoms with E-state index in [-0.39, 0.29) is 5.91 Å². The van der Waals surface area contributed by atoms with Crippen molar-refractivity contribution in [1.29, 1.82) is 0 Å². The van der Waals surface area contributed by atoms with Crippen molar-refractivity contribution in [3.8, 4) is 11.6 Å². The first-order chi connectivity index (χ1) is 12.7. The largest absolute Gasteiger partial charge is 0.383 e. The summed E-state index contributed by atoms with van der Waals surface area (Å²) in [6.07, 6.45) is 10.8. The highest BCUT2D eigenvalue weighted by Crippen LogP contribution is 2.40. The summed E-state index contributed by atoms with van der Waals surface area (Å²) in [5.74, 6) is 3.44. The number of hydrogen-bond acceptors (Lipinski definition) is 5. The number of nitrogens with two attached hydrogens (primary N) is 1. The quantitative estimate of drug-likeness (QED) is 0.881. The smallest absolute Gasteiger partial charge is 0.232 e. The number of aromatic amines is 1. The summed E-state index contributed by atoms with van der Waals surface area (Å²) in [7, 11) is 0. The summed E-state index contributed by atoms with van der Waals surface area (Å²) in [6, 6.07) is 0. The Hall–Kier alpha value is -2.44. The zero-order valence-electron chi connectivity index (χ0n) is 14.9. The first-order valence-electron chi connectivity index (χ1n) is 9.71. The zero-order valence-corrected chi connectivity index (χ0v) is 14.9. The molecule has 0 bridgehead atoms. The third kappa shape index (κ3) is 2.75. The Balaban J connectivity index is 1.46. The summed E-state index contributed by atoms with van der Waals surface area (Å²) in [5.41, 5.74) is 8.08. The van der Waals surface area contributed by atoms with Gasteiger partial charge in [-0.1, -0.05) is 19.3 Å². The van der Waals surface area contributed by atoms with Crippen LogP contribution < -0.4 is 10.6 Å². The number of carbonyl (C=O) groups is 1. The topological polar surface area (TPSA) is 101 Å². The highest BCUT2D eigenvalue weighted by Gasteiger charge is 2.34. The molecule has 3 N–H and O–H groups in total. The maximum absolute atomic E-state index is 12.6. The Kier molecular flexibility index (Phi) is 3.69. The maximum Gasteiger partial charge on any atom is 0.232 e. The van der Waals surface area contributed by atoms with Crippen molar-refractivity contribution in [2.45, 2.75) is 57.3 Å². The van der Waals surface area contributed by atoms with Crippen LogP contribution in [0.25, 0.3) is 11.6 Å². The number of anilines is 2. The second-order valence-corrected chi connectivity index (χ2v) is 7.88. The van der Waals surface area contributed by atoms with Crippen LogP contribution in [-0.2, 0) is 11.2 Å². The number of H-pyrrole nitrogens is 1. The normalized spacial score (nSPS) is 20.6. The Labute approximate surface area is 152 Å². The second kappa shape index (κ2) is 6.07. The molecule has 3 aliphatic rings. The predicted molar refractivity (Wildman–Crippen MR) is 98.6 cm³/mol. The number of carbonyl (C=O) groups excluding carboxylic acids is 1. The third-order valence-corrected chi connectivity index (χ3v) is 5.89. The van der Waals surface area contributed by atoms with Crippen LogP contribution in [0.2, 0.25) is 0 Å². The average molecular weight is 352 g/mol. The molecule has 3 heterocycles. The Morgan fingerprint density at radius 3 is 2.73 bits per heavy atom. The lowest BCUT2D eigenvalue weighted by molar-refractivity contribution is -0.117. The van der Waals surface area contributed by atoms with Gasteiger partial charge in [-0.15, -0.1) is 0 Å². The Bertz CT molecular complexity index is 850. The molecule has 2 fully saturated rings. The van der Waals surface area contributed by atoms with Crippen molar-refractivity contribution >= 4 is 17.5 Å². The first-order valence-corrected chi connectivity index (χ1v) is 9.71. The molecular formula is C19H24N6O. The van der Waals surface area contributed by atoms with Crippen molar-refractivity contribution in [3.05, 3.63) is 17.5 Å². The molecule has 5 rings (SSSR count). The summed E-state index contributed by atoms with van der Waals surface area (Å²) in [5, 5.41) is 0. The van der Waals surface area contributed by atoms with E-state index in [4.69, 9.17) is 10.7 Å². The van der Waals surface area contributed by atoms with E-state index in [1.165, 1.54) is 44.9 Å². The lowest BCUT2D eigenvalue weighted by Crippen LogP contribution is -2.33. The molecule has 0 atom stereocenters. The van der Waals surface area contributed by atoms with Gasteiger partial charge in [0.2, 0.25) is 5.91 Å². The summed E-state index contributed by atoms with van der Waals surface area (Å²) >= 11 is 0. The molecule has 0 spiro atoms. The van der Waals surface area contributed by atoms with Gasteiger partial charge >= 0.3 is 0 Å². The molecule has 1 amide bonds. The highest BCUT2D eigenvalue weighted by atomic mass is 16.2. The number of nitrogens with one attached hydrogen (secondary N) is 1. The van der Waals surface area contributed by atoms with Gasteiger partial charge in [0, 0.05) is 29.9 Å². The predicted octanol–water partition coefficient (Wildman–Crippen LogP) is 2.80. The van der Waals surface area contributed by atoms with E-state index in [1.54, 1.807) is 0 Å². The van der Waals surface area contributed by atoms with Gasteiger partial charge in [-0.2, -0.15) is 0 Å². The van der Waals surface area contributed by atoms with Gasteiger partial charge in [0.15, 0.2) is 11.6 Å². The number of nitrogens with zero attached hydrogens (tertiary/aromatic N) is 4. The van der Waals surface area contributed by atoms with Crippen molar-refractivity contribution < 1.29 is 4.79 Å². The molecular weight excluding hydrogens is 328 g/mol. The molecule has 7 heteroatoms. The molecule has 0 radical (unpaired) electrons. The number of fused-ring (bicyclic) bond motifs is 1. The molecule has 2 aromatic heterocycles. The van der Waals surface area contributed by atoms with E-state index in [1.807, 2.05) is 11.1 Å². The van der Waals surface area contributed by atoms with Crippen LogP contribution in [0.3, 0.4) is 0 Å². The van der Waals surface area contributed by atoms with Crippen molar-refractivity contribution in [2.24, 2.45) is 5.92 Å². The fourth-order valence-corrected chi connectivity index (χ4v) is 4.22. The van der Waals surface area contributed by atoms with Crippen LogP contribution >= 0.6 is 0 Å². The lowest BCUT2D eigenvalue weighted by Gasteiger charge is -2.26. The van der Waals surface area contributed by atoms with Gasteiger partial charge < -0.3 is 10.7 Å². The molecule has 1 aliphatic heterocycles. The van der Waals surface area contributed by atoms with E-state index >= 15 is 0 Å². The van der Waals surface area contributed by atoms with Gasteiger partial charge in [-0.3, -0.25) is 9.69 Å². The molecule has 0 unspecified atom stereocenters. The Morgan fingerprint density at radius 1 is 1.15 bits per heavy atom. The number of amides is 1. The fraction of sp³-hybridized carbons (Fsp3) is 0.579. The number of aromatic nitrogens is 4. The van der Waals surface area contributed by atoms with E-state index in [0.29, 0.717) is 41.5 Å². The van der Waals surface area contributed by atoms with Gasteiger partial charge in [0.05, 0.1) is 6.42 Å². The van der Waals surface area contributed by atoms with Gasteiger partial charge in [-0.05, 0) is 31.6 Å². The fourth-order valence-electron chi connectivity index (χ4n) is 4.22. The van der Waals surface area contributed by atoms with E-state index < -0.39 is 0 Å². The minimum Gasteiger partial charge on any atom is -0.383 e. The van der Waals surface area contributed by atoms with Crippen LogP contribution in [-0.4, -0.2) is 32.4 Å². The van der Waals surface area contributed by atoms with Gasteiger partial charge in [-0.25, -0.2) is 15.0 Å². The number of rotatable bonds is 4. The molecule has 136 valence electrons. The monoisotopic (exact) mass is 352 g/mol. The van der Waals surface area contributed by atoms with E-state index in [2.05, 4.69) is 15.0 Å². The lowest BCUT2D eigenvalue weighted by atomic mass is 9.89. The van der Waals surface area contributed by atoms with Crippen molar-refractivity contribution in [2.75, 3.05) is 17.2 Å². The number of nitrogen functional groups attached to an aromatic ring is 1. The minimum absolute atomic E-state index is 0.0850. The number of imidazole rings is 1. The molecule has 2 saturated carbocycles. The molecule has 0 aromatic carbocycles. The van der Waals surface area contributed by atoms with Crippen molar-refractivity contribution in [1.82, 2.24) is 19.9 Å². The van der Waals surface area contributed by atoms with Crippen LogP contribution in [0.4, 0.5) is 11.6 Å². The standard InChI is InChI=1S/C19H24N6O/c20-16-13-8-15(26)25(10-11-4-2-1-3-5-11)19(13)24-18(23-16)17-21-9-14(22-17)12-6-7-12/h9,11-12H,1-8,10H2,(H,21,22)(H2,20,23,24). The molecule has 2 aliphatic carbocycles. The SMILES string of the molecule is Nc1nc(-c2ncc(C3CC3)[nH]2)nc2c1CC(=O)N2CC1CCCCC1. The molecule has 26 heavy (non-hydrogen) atoms. The highest BCUT2D eigenvalue weighted by molar-refractivity contribution is 6.01. The molecule has 2 aromatic rings. The average Bonchev–Trinajstić information content (AvgIpc) is 3.30. The summed E-state index contributed by atoms with van der Waals surface area (Å²) < 4.78 is 0. The first kappa shape index (κ1) is 15.8. The maximum atomic E-state index is 12.6. The van der Waals surface area contributed by atoms with E-state index in [9.17, 15) is 4.79 Å². The zero-order chi connectivity index (χ0) is 17.7. The second-order valence-electron chi connectivity index (χ2n) is 7.88. The summed E-state index contributed by atoms with van der Waals surface area (Å²) in [6.45, 7) is 0.743. The van der Waals surface area contributed by atoms with Crippen LogP contribution in [0.1, 0.15) is 62.1 Å². The van der Waals surface area contributed by atoms with Crippen LogP contribution in [0.15, 0.2) is 6.20 Å². The van der Waals surface area contributed by atoms with Gasteiger partial charge in [0.1, 0.15) is 11.6 Å². The summed E-state index contributed by atoms with van der Waals surface area (Å²) in [4.78, 5) is 31.3. The van der Waals surface area contributed by atoms with Crippen molar-refractivity contribution in [3.63, 3.8) is 0 Å². The van der Waals surface area contributed by atoms with E-state index in [0.717, 1.165) is 17.8 Å². The minimum atomic E-state index is 0.0850. The molecule has 0 saturated heterocycles. The van der Waals surface area contributed by atoms with Crippen LogP contribution in [0.5, 0.6) is 0 Å². The molecule has 7 nitrogen and oxygen atoms in total. The van der Waals surface area contributed by atoms with Gasteiger partial charge in [0.25, 0.3) is 0 Å².